The summed E-state index contributed by atoms with van der Waals surface area (Å²) in [5.74, 6) is 1.06. The van der Waals surface area contributed by atoms with Crippen LogP contribution in [-0.4, -0.2) is 21.9 Å². The molecule has 3 N–H and O–H groups in total. The minimum atomic E-state index is -0.381. The monoisotopic (exact) mass is 247 g/mol. The van der Waals surface area contributed by atoms with Crippen molar-refractivity contribution in [1.82, 2.24) is 10.1 Å². The van der Waals surface area contributed by atoms with Crippen LogP contribution in [0.1, 0.15) is 31.1 Å². The molecule has 0 aliphatic heterocycles. The number of nitrogens with two attached hydrogens (primary N) is 1. The molecule has 18 heavy (non-hydrogen) atoms. The van der Waals surface area contributed by atoms with Gasteiger partial charge in [0.2, 0.25) is 5.89 Å². The fourth-order valence-corrected chi connectivity index (χ4v) is 1.73. The molecule has 2 rings (SSSR count). The normalized spacial score (nSPS) is 11.7. The maximum Gasteiger partial charge on any atom is 0.236 e. The van der Waals surface area contributed by atoms with E-state index < -0.39 is 0 Å². The Labute approximate surface area is 106 Å². The molecule has 0 fully saturated rings. The van der Waals surface area contributed by atoms with Gasteiger partial charge in [0.15, 0.2) is 5.82 Å². The minimum Gasteiger partial charge on any atom is -0.399 e. The van der Waals surface area contributed by atoms with Crippen LogP contribution in [0.2, 0.25) is 0 Å². The van der Waals surface area contributed by atoms with Crippen LogP contribution in [0.15, 0.2) is 28.8 Å². The molecule has 1 aromatic heterocycles. The summed E-state index contributed by atoms with van der Waals surface area (Å²) in [6, 6.07) is 7.60. The number of benzene rings is 1. The number of aromatic nitrogens is 2. The summed E-state index contributed by atoms with van der Waals surface area (Å²) in [7, 11) is 0. The third-order valence-electron chi connectivity index (χ3n) is 2.97. The summed E-state index contributed by atoms with van der Waals surface area (Å²) in [4.78, 5) is 4.30. The molecule has 0 atom stereocenters. The molecule has 1 aromatic carbocycles. The van der Waals surface area contributed by atoms with Crippen LogP contribution < -0.4 is 5.73 Å². The van der Waals surface area contributed by atoms with E-state index in [2.05, 4.69) is 10.1 Å². The van der Waals surface area contributed by atoms with E-state index in [1.165, 1.54) is 0 Å². The van der Waals surface area contributed by atoms with Gasteiger partial charge in [-0.2, -0.15) is 4.98 Å². The van der Waals surface area contributed by atoms with Crippen molar-refractivity contribution in [2.45, 2.75) is 25.7 Å². The highest BCUT2D eigenvalue weighted by atomic mass is 16.5. The SMILES string of the molecule is CC(C)(c1ccc(N)cc1)c1nc(CCO)no1. The Bertz CT molecular complexity index is 517. The number of rotatable bonds is 4. The first-order valence-corrected chi connectivity index (χ1v) is 5.84. The van der Waals surface area contributed by atoms with Gasteiger partial charge < -0.3 is 15.4 Å². The fraction of sp³-hybridized carbons (Fsp3) is 0.385. The third kappa shape index (κ3) is 2.36. The molecule has 0 saturated carbocycles. The Morgan fingerprint density at radius 3 is 2.56 bits per heavy atom. The van der Waals surface area contributed by atoms with Gasteiger partial charge in [-0.3, -0.25) is 0 Å². The lowest BCUT2D eigenvalue weighted by atomic mass is 9.84. The first-order valence-electron chi connectivity index (χ1n) is 5.84. The molecule has 96 valence electrons. The highest BCUT2D eigenvalue weighted by molar-refractivity contribution is 5.42. The Morgan fingerprint density at radius 2 is 1.94 bits per heavy atom. The van der Waals surface area contributed by atoms with Crippen LogP contribution in [0.4, 0.5) is 5.69 Å². The smallest absolute Gasteiger partial charge is 0.236 e. The minimum absolute atomic E-state index is 0.0152. The molecule has 5 heteroatoms. The first-order chi connectivity index (χ1) is 8.54. The zero-order valence-corrected chi connectivity index (χ0v) is 10.6. The van der Waals surface area contributed by atoms with Gasteiger partial charge in [-0.05, 0) is 31.5 Å². The number of hydrogen-bond donors (Lipinski definition) is 2. The standard InChI is InChI=1S/C13H17N3O2/c1-13(2,9-3-5-10(14)6-4-9)12-15-11(7-8-17)16-18-12/h3-6,17H,7-8,14H2,1-2H3. The summed E-state index contributed by atoms with van der Waals surface area (Å²) >= 11 is 0. The van der Waals surface area contributed by atoms with Crippen LogP contribution in [0.5, 0.6) is 0 Å². The second kappa shape index (κ2) is 4.78. The maximum absolute atomic E-state index is 8.84. The third-order valence-corrected chi connectivity index (χ3v) is 2.97. The van der Waals surface area contributed by atoms with Gasteiger partial charge in [-0.1, -0.05) is 17.3 Å². The molecule has 2 aromatic rings. The largest absolute Gasteiger partial charge is 0.399 e. The predicted molar refractivity (Wildman–Crippen MR) is 68.1 cm³/mol. The fourth-order valence-electron chi connectivity index (χ4n) is 1.73. The van der Waals surface area contributed by atoms with Gasteiger partial charge in [0.1, 0.15) is 0 Å². The molecule has 1 heterocycles. The lowest BCUT2D eigenvalue weighted by molar-refractivity contribution is 0.291. The molecule has 5 nitrogen and oxygen atoms in total. The van der Waals surface area contributed by atoms with Crippen LogP contribution in [0.25, 0.3) is 0 Å². The molecular weight excluding hydrogens is 230 g/mol. The van der Waals surface area contributed by atoms with Crippen molar-refractivity contribution in [1.29, 1.82) is 0 Å². The van der Waals surface area contributed by atoms with Crippen LogP contribution in [-0.2, 0) is 11.8 Å². The van der Waals surface area contributed by atoms with Gasteiger partial charge >= 0.3 is 0 Å². The van der Waals surface area contributed by atoms with Gasteiger partial charge in [0, 0.05) is 12.1 Å². The maximum atomic E-state index is 8.84. The average Bonchev–Trinajstić information content (AvgIpc) is 2.79. The summed E-state index contributed by atoms with van der Waals surface area (Å²) in [6.45, 7) is 4.03. The van der Waals surface area contributed by atoms with E-state index in [1.807, 2.05) is 38.1 Å². The summed E-state index contributed by atoms with van der Waals surface area (Å²) < 4.78 is 5.26. The van der Waals surface area contributed by atoms with Gasteiger partial charge in [0.05, 0.1) is 12.0 Å². The number of aliphatic hydroxyl groups excluding tert-OH is 1. The Balaban J connectivity index is 2.31. The average molecular weight is 247 g/mol. The molecular formula is C13H17N3O2. The van der Waals surface area contributed by atoms with Gasteiger partial charge in [0.25, 0.3) is 0 Å². The topological polar surface area (TPSA) is 85.2 Å². The first kappa shape index (κ1) is 12.6. The summed E-state index contributed by atoms with van der Waals surface area (Å²) in [5, 5.41) is 12.7. The van der Waals surface area contributed by atoms with Crippen molar-refractivity contribution in [2.75, 3.05) is 12.3 Å². The van der Waals surface area contributed by atoms with Crippen molar-refractivity contribution in [2.24, 2.45) is 0 Å². The van der Waals surface area contributed by atoms with E-state index in [0.717, 1.165) is 11.3 Å². The van der Waals surface area contributed by atoms with E-state index in [4.69, 9.17) is 15.4 Å². The van der Waals surface area contributed by atoms with E-state index in [9.17, 15) is 0 Å². The lowest BCUT2D eigenvalue weighted by Gasteiger charge is -2.20. The number of anilines is 1. The van der Waals surface area contributed by atoms with E-state index >= 15 is 0 Å². The van der Waals surface area contributed by atoms with Crippen LogP contribution >= 0.6 is 0 Å². The molecule has 0 unspecified atom stereocenters. The van der Waals surface area contributed by atoms with Crippen molar-refractivity contribution in [3.05, 3.63) is 41.5 Å². The number of hydrogen-bond acceptors (Lipinski definition) is 5. The van der Waals surface area contributed by atoms with E-state index in [-0.39, 0.29) is 12.0 Å². The number of nitrogen functional groups attached to an aromatic ring is 1. The summed E-state index contributed by atoms with van der Waals surface area (Å²) in [6.07, 6.45) is 0.404. The molecule has 0 spiro atoms. The molecule has 0 aliphatic rings. The van der Waals surface area contributed by atoms with E-state index in [1.54, 1.807) is 0 Å². The Hall–Kier alpha value is -1.88. The highest BCUT2D eigenvalue weighted by Gasteiger charge is 2.29. The number of aliphatic hydroxyl groups is 1. The van der Waals surface area contributed by atoms with Crippen molar-refractivity contribution >= 4 is 5.69 Å². The lowest BCUT2D eigenvalue weighted by Crippen LogP contribution is -2.19. The van der Waals surface area contributed by atoms with Crippen LogP contribution in [0, 0.1) is 0 Å². The molecule has 0 radical (unpaired) electrons. The second-order valence-electron chi connectivity index (χ2n) is 4.74. The molecule has 0 aliphatic carbocycles. The van der Waals surface area contributed by atoms with E-state index in [0.29, 0.717) is 18.1 Å². The van der Waals surface area contributed by atoms with Crippen molar-refractivity contribution in [3.8, 4) is 0 Å². The quantitative estimate of drug-likeness (QED) is 0.800. The zero-order valence-electron chi connectivity index (χ0n) is 10.6. The zero-order chi connectivity index (χ0) is 13.2. The Kier molecular flexibility index (Phi) is 3.34. The molecule has 0 bridgehead atoms. The van der Waals surface area contributed by atoms with Crippen molar-refractivity contribution in [3.63, 3.8) is 0 Å². The second-order valence-corrected chi connectivity index (χ2v) is 4.74. The van der Waals surface area contributed by atoms with Gasteiger partial charge in [-0.15, -0.1) is 0 Å². The molecule has 0 amide bonds. The van der Waals surface area contributed by atoms with Gasteiger partial charge in [-0.25, -0.2) is 0 Å². The Morgan fingerprint density at radius 1 is 1.28 bits per heavy atom. The predicted octanol–water partition coefficient (Wildman–Crippen LogP) is 1.51. The number of nitrogens with zero attached hydrogens (tertiary/aromatic N) is 2. The van der Waals surface area contributed by atoms with Crippen LogP contribution in [0.3, 0.4) is 0 Å². The molecule has 0 saturated heterocycles. The summed E-state index contributed by atoms with van der Waals surface area (Å²) in [5.41, 5.74) is 7.07. The highest BCUT2D eigenvalue weighted by Crippen LogP contribution is 2.30. The van der Waals surface area contributed by atoms with Crippen molar-refractivity contribution < 1.29 is 9.63 Å².